The zero-order chi connectivity index (χ0) is 11.3. The molecule has 4 nitrogen and oxygen atoms in total. The van der Waals surface area contributed by atoms with E-state index in [4.69, 9.17) is 0 Å². The van der Waals surface area contributed by atoms with Gasteiger partial charge in [0.05, 0.1) is 0 Å². The monoisotopic (exact) mass is 292 g/mol. The van der Waals surface area contributed by atoms with Crippen molar-refractivity contribution in [2.24, 2.45) is 0 Å². The molecular weight excluding hydrogens is 280 g/mol. The minimum atomic E-state index is -3.35. The zero-order valence-electron chi connectivity index (χ0n) is 8.33. The summed E-state index contributed by atoms with van der Waals surface area (Å²) in [4.78, 5) is 0. The van der Waals surface area contributed by atoms with Crippen molar-refractivity contribution >= 4 is 26.1 Å². The molecule has 0 bridgehead atoms. The number of rotatable bonds is 5. The molecule has 0 saturated heterocycles. The molecule has 0 aliphatic rings. The Bertz CT molecular complexity index is 403. The van der Waals surface area contributed by atoms with E-state index in [1.165, 1.54) is 0 Å². The number of hydrogen-bond donors (Lipinski definition) is 2. The Morgan fingerprint density at radius 3 is 2.33 bits per heavy atom. The van der Waals surface area contributed by atoms with Gasteiger partial charge < -0.3 is 0 Å². The van der Waals surface area contributed by atoms with E-state index in [1.807, 2.05) is 24.3 Å². The van der Waals surface area contributed by atoms with Crippen molar-refractivity contribution in [2.45, 2.75) is 13.5 Å². The second kappa shape index (κ2) is 5.60. The molecule has 1 aromatic carbocycles. The van der Waals surface area contributed by atoms with Gasteiger partial charge >= 0.3 is 0 Å². The highest BCUT2D eigenvalue weighted by molar-refractivity contribution is 9.10. The van der Waals surface area contributed by atoms with Gasteiger partial charge in [-0.15, -0.1) is 0 Å². The van der Waals surface area contributed by atoms with Crippen molar-refractivity contribution < 1.29 is 8.42 Å². The Morgan fingerprint density at radius 2 is 1.80 bits per heavy atom. The van der Waals surface area contributed by atoms with Crippen molar-refractivity contribution in [1.82, 2.24) is 9.44 Å². The molecule has 0 aliphatic carbocycles. The number of hydrogen-bond acceptors (Lipinski definition) is 2. The van der Waals surface area contributed by atoms with E-state index in [9.17, 15) is 8.42 Å². The normalized spacial score (nSPS) is 11.6. The summed E-state index contributed by atoms with van der Waals surface area (Å²) in [7, 11) is -3.35. The van der Waals surface area contributed by atoms with Crippen LogP contribution in [0, 0.1) is 0 Å². The lowest BCUT2D eigenvalue weighted by atomic mass is 10.2. The molecule has 0 saturated carbocycles. The highest BCUT2D eigenvalue weighted by Crippen LogP contribution is 2.10. The van der Waals surface area contributed by atoms with Crippen LogP contribution in [0.1, 0.15) is 12.5 Å². The average molecular weight is 293 g/mol. The van der Waals surface area contributed by atoms with Crippen LogP contribution in [-0.4, -0.2) is 15.0 Å². The fraction of sp³-hybridized carbons (Fsp3) is 0.333. The average Bonchev–Trinajstić information content (AvgIpc) is 2.17. The molecule has 0 unspecified atom stereocenters. The molecule has 0 aromatic heterocycles. The van der Waals surface area contributed by atoms with Gasteiger partial charge in [0.15, 0.2) is 0 Å². The highest BCUT2D eigenvalue weighted by Gasteiger charge is 2.06. The first kappa shape index (κ1) is 12.6. The lowest BCUT2D eigenvalue weighted by Crippen LogP contribution is -2.35. The van der Waals surface area contributed by atoms with Crippen LogP contribution >= 0.6 is 15.9 Å². The summed E-state index contributed by atoms with van der Waals surface area (Å²) < 4.78 is 28.2. The van der Waals surface area contributed by atoms with Gasteiger partial charge in [0, 0.05) is 17.6 Å². The van der Waals surface area contributed by atoms with E-state index in [0.717, 1.165) is 10.0 Å². The van der Waals surface area contributed by atoms with Crippen molar-refractivity contribution in [3.63, 3.8) is 0 Å². The summed E-state index contributed by atoms with van der Waals surface area (Å²) in [6.45, 7) is 2.41. The summed E-state index contributed by atoms with van der Waals surface area (Å²) in [5.41, 5.74) is 0.916. The zero-order valence-corrected chi connectivity index (χ0v) is 10.7. The minimum absolute atomic E-state index is 0.294. The molecule has 0 aliphatic heterocycles. The van der Waals surface area contributed by atoms with Crippen molar-refractivity contribution in [2.75, 3.05) is 6.54 Å². The van der Waals surface area contributed by atoms with Gasteiger partial charge in [-0.2, -0.15) is 13.1 Å². The predicted molar refractivity (Wildman–Crippen MR) is 63.6 cm³/mol. The van der Waals surface area contributed by atoms with Crippen LogP contribution in [-0.2, 0) is 16.8 Å². The van der Waals surface area contributed by atoms with Crippen LogP contribution in [0.2, 0.25) is 0 Å². The number of halogens is 1. The van der Waals surface area contributed by atoms with E-state index in [1.54, 1.807) is 6.92 Å². The summed E-state index contributed by atoms with van der Waals surface area (Å²) >= 11 is 3.31. The first-order chi connectivity index (χ1) is 7.03. The van der Waals surface area contributed by atoms with Crippen molar-refractivity contribution in [3.05, 3.63) is 34.3 Å². The standard InChI is InChI=1S/C9H13BrN2O2S/c1-2-11-15(13,14)12-7-8-3-5-9(10)6-4-8/h3-6,11-12H,2,7H2,1H3. The second-order valence-corrected chi connectivity index (χ2v) is 5.45. The van der Waals surface area contributed by atoms with Crippen LogP contribution in [0.3, 0.4) is 0 Å². The molecule has 1 aromatic rings. The maximum absolute atomic E-state index is 11.2. The molecule has 0 heterocycles. The second-order valence-electron chi connectivity index (χ2n) is 2.95. The third-order valence-corrected chi connectivity index (χ3v) is 3.44. The Morgan fingerprint density at radius 1 is 1.20 bits per heavy atom. The van der Waals surface area contributed by atoms with Gasteiger partial charge in [-0.3, -0.25) is 0 Å². The minimum Gasteiger partial charge on any atom is -0.203 e. The van der Waals surface area contributed by atoms with Crippen LogP contribution in [0.5, 0.6) is 0 Å². The quantitative estimate of drug-likeness (QED) is 0.862. The third kappa shape index (κ3) is 4.74. The van der Waals surface area contributed by atoms with Gasteiger partial charge in [0.2, 0.25) is 0 Å². The van der Waals surface area contributed by atoms with E-state index >= 15 is 0 Å². The molecular formula is C9H13BrN2O2S. The first-order valence-corrected chi connectivity index (χ1v) is 6.80. The number of nitrogens with one attached hydrogen (secondary N) is 2. The summed E-state index contributed by atoms with van der Waals surface area (Å²) in [5.74, 6) is 0. The topological polar surface area (TPSA) is 58.2 Å². The maximum atomic E-state index is 11.2. The molecule has 84 valence electrons. The molecule has 15 heavy (non-hydrogen) atoms. The maximum Gasteiger partial charge on any atom is 0.277 e. The van der Waals surface area contributed by atoms with Crippen LogP contribution in [0.4, 0.5) is 0 Å². The van der Waals surface area contributed by atoms with Crippen LogP contribution < -0.4 is 9.44 Å². The molecule has 0 fully saturated rings. The van der Waals surface area contributed by atoms with Crippen molar-refractivity contribution in [3.8, 4) is 0 Å². The molecule has 0 amide bonds. The molecule has 2 N–H and O–H groups in total. The van der Waals surface area contributed by atoms with Crippen LogP contribution in [0.25, 0.3) is 0 Å². The van der Waals surface area contributed by atoms with E-state index < -0.39 is 10.2 Å². The van der Waals surface area contributed by atoms with Gasteiger partial charge in [-0.1, -0.05) is 35.0 Å². The van der Waals surface area contributed by atoms with Gasteiger partial charge in [0.25, 0.3) is 10.2 Å². The fourth-order valence-electron chi connectivity index (χ4n) is 1.02. The SMILES string of the molecule is CCNS(=O)(=O)NCc1ccc(Br)cc1. The van der Waals surface area contributed by atoms with Gasteiger partial charge in [-0.25, -0.2) is 4.72 Å². The smallest absolute Gasteiger partial charge is 0.203 e. The first-order valence-electron chi connectivity index (χ1n) is 4.52. The van der Waals surface area contributed by atoms with E-state index in [0.29, 0.717) is 13.1 Å². The Labute approximate surface area is 98.4 Å². The Kier molecular flexibility index (Phi) is 4.72. The Balaban J connectivity index is 2.54. The highest BCUT2D eigenvalue weighted by atomic mass is 79.9. The third-order valence-electron chi connectivity index (χ3n) is 1.71. The Hall–Kier alpha value is -0.430. The van der Waals surface area contributed by atoms with E-state index in [-0.39, 0.29) is 0 Å². The summed E-state index contributed by atoms with van der Waals surface area (Å²) in [6.07, 6.45) is 0. The lowest BCUT2D eigenvalue weighted by Gasteiger charge is -2.06. The van der Waals surface area contributed by atoms with E-state index in [2.05, 4.69) is 25.4 Å². The van der Waals surface area contributed by atoms with Gasteiger partial charge in [0.1, 0.15) is 0 Å². The molecule has 0 spiro atoms. The summed E-state index contributed by atoms with van der Waals surface area (Å²) in [6, 6.07) is 7.46. The van der Waals surface area contributed by atoms with Crippen LogP contribution in [0.15, 0.2) is 28.7 Å². The van der Waals surface area contributed by atoms with Gasteiger partial charge in [-0.05, 0) is 17.7 Å². The molecule has 0 radical (unpaired) electrons. The lowest BCUT2D eigenvalue weighted by molar-refractivity contribution is 0.568. The largest absolute Gasteiger partial charge is 0.277 e. The predicted octanol–water partition coefficient (Wildman–Crippen LogP) is 1.39. The number of benzene rings is 1. The van der Waals surface area contributed by atoms with Crippen molar-refractivity contribution in [1.29, 1.82) is 0 Å². The molecule has 0 atom stereocenters. The fourth-order valence-corrected chi connectivity index (χ4v) is 2.12. The summed E-state index contributed by atoms with van der Waals surface area (Å²) in [5, 5.41) is 0. The molecule has 6 heteroatoms. The molecule has 1 rings (SSSR count).